The molecule has 0 aliphatic rings. The summed E-state index contributed by atoms with van der Waals surface area (Å²) in [6, 6.07) is 7.73. The van der Waals surface area contributed by atoms with Gasteiger partial charge in [0.1, 0.15) is 0 Å². The molecule has 0 bridgehead atoms. The third-order valence-corrected chi connectivity index (χ3v) is 3.62. The van der Waals surface area contributed by atoms with Gasteiger partial charge in [-0.2, -0.15) is 0 Å². The molecule has 0 unspecified atom stereocenters. The number of amides is 1. The lowest BCUT2D eigenvalue weighted by atomic mass is 9.99. The molecule has 112 valence electrons. The molecule has 0 aromatic heterocycles. The molecule has 0 saturated carbocycles. The second kappa shape index (κ2) is 8.02. The lowest BCUT2D eigenvalue weighted by Gasteiger charge is -2.19. The van der Waals surface area contributed by atoms with Crippen molar-refractivity contribution >= 4 is 5.91 Å². The van der Waals surface area contributed by atoms with Gasteiger partial charge in [0.05, 0.1) is 6.04 Å². The fourth-order valence-corrected chi connectivity index (χ4v) is 2.04. The van der Waals surface area contributed by atoms with Crippen molar-refractivity contribution in [2.24, 2.45) is 11.7 Å². The summed E-state index contributed by atoms with van der Waals surface area (Å²) in [5.74, 6) is 0.131. The third kappa shape index (κ3) is 4.94. The number of nitrogens with one attached hydrogen (secondary N) is 1. The molecule has 20 heavy (non-hydrogen) atoms. The first-order valence-electron chi connectivity index (χ1n) is 7.20. The molecule has 0 fully saturated rings. The van der Waals surface area contributed by atoms with Gasteiger partial charge in [0, 0.05) is 13.1 Å². The number of carbonyl (C=O) groups excluding carboxylic acids is 1. The first kappa shape index (κ1) is 16.7. The van der Waals surface area contributed by atoms with Gasteiger partial charge in [0.15, 0.2) is 0 Å². The van der Waals surface area contributed by atoms with E-state index in [9.17, 15) is 4.79 Å². The summed E-state index contributed by atoms with van der Waals surface area (Å²) in [5.41, 5.74) is 8.31. The van der Waals surface area contributed by atoms with E-state index in [1.807, 2.05) is 46.1 Å². The summed E-state index contributed by atoms with van der Waals surface area (Å²) in [5, 5.41) is 2.95. The Morgan fingerprint density at radius 1 is 1.30 bits per heavy atom. The molecule has 1 rings (SSSR count). The molecule has 0 aliphatic carbocycles. The molecule has 0 saturated heterocycles. The minimum Gasteiger partial charge on any atom is -0.351 e. The van der Waals surface area contributed by atoms with Gasteiger partial charge >= 0.3 is 0 Å². The monoisotopic (exact) mass is 277 g/mol. The average Bonchev–Trinajstić information content (AvgIpc) is 2.43. The molecule has 4 nitrogen and oxygen atoms in total. The van der Waals surface area contributed by atoms with Crippen LogP contribution >= 0.6 is 0 Å². The average molecular weight is 277 g/mol. The van der Waals surface area contributed by atoms with Crippen molar-refractivity contribution in [2.75, 3.05) is 14.1 Å². The molecule has 3 N–H and O–H groups in total. The summed E-state index contributed by atoms with van der Waals surface area (Å²) in [6.45, 7) is 5.45. The van der Waals surface area contributed by atoms with Gasteiger partial charge in [-0.1, -0.05) is 44.5 Å². The number of benzene rings is 1. The maximum absolute atomic E-state index is 12.0. The predicted molar refractivity (Wildman–Crippen MR) is 83.1 cm³/mol. The van der Waals surface area contributed by atoms with Crippen molar-refractivity contribution in [2.45, 2.75) is 39.4 Å². The zero-order valence-electron chi connectivity index (χ0n) is 13.0. The van der Waals surface area contributed by atoms with Crippen LogP contribution in [0.5, 0.6) is 0 Å². The molecule has 0 spiro atoms. The molecule has 0 radical (unpaired) electrons. The molecular formula is C16H27N3O. The maximum atomic E-state index is 12.0. The fraction of sp³-hybridized carbons (Fsp3) is 0.562. The Bertz CT molecular complexity index is 431. The quantitative estimate of drug-likeness (QED) is 0.798. The van der Waals surface area contributed by atoms with Crippen LogP contribution in [0.2, 0.25) is 0 Å². The van der Waals surface area contributed by atoms with E-state index in [2.05, 4.69) is 16.3 Å². The van der Waals surface area contributed by atoms with E-state index < -0.39 is 6.04 Å². The largest absolute Gasteiger partial charge is 0.351 e. The van der Waals surface area contributed by atoms with E-state index in [-0.39, 0.29) is 11.8 Å². The third-order valence-electron chi connectivity index (χ3n) is 3.62. The molecule has 1 aromatic rings. The van der Waals surface area contributed by atoms with E-state index >= 15 is 0 Å². The van der Waals surface area contributed by atoms with E-state index in [4.69, 9.17) is 5.73 Å². The second-order valence-electron chi connectivity index (χ2n) is 5.64. The number of carbonyl (C=O) groups is 1. The number of rotatable bonds is 7. The maximum Gasteiger partial charge on any atom is 0.237 e. The smallest absolute Gasteiger partial charge is 0.237 e. The van der Waals surface area contributed by atoms with E-state index in [1.54, 1.807) is 0 Å². The van der Waals surface area contributed by atoms with Gasteiger partial charge in [-0.3, -0.25) is 4.79 Å². The van der Waals surface area contributed by atoms with Gasteiger partial charge in [-0.05, 0) is 31.1 Å². The SMILES string of the molecule is CC[C@H](C)[C@H](N)C(=O)NCc1ccccc1CN(C)C. The van der Waals surface area contributed by atoms with E-state index in [1.165, 1.54) is 5.56 Å². The zero-order chi connectivity index (χ0) is 15.1. The van der Waals surface area contributed by atoms with Crippen molar-refractivity contribution in [3.63, 3.8) is 0 Å². The summed E-state index contributed by atoms with van der Waals surface area (Å²) in [6.07, 6.45) is 0.909. The standard InChI is InChI=1S/C16H27N3O/c1-5-12(2)15(17)16(20)18-10-13-8-6-7-9-14(13)11-19(3)4/h6-9,12,15H,5,10-11,17H2,1-4H3,(H,18,20)/t12-,15-/m0/s1. The zero-order valence-corrected chi connectivity index (χ0v) is 13.0. The number of hydrogen-bond donors (Lipinski definition) is 2. The Labute approximate surface area is 122 Å². The summed E-state index contributed by atoms with van der Waals surface area (Å²) >= 11 is 0. The van der Waals surface area contributed by atoms with Crippen LogP contribution in [0.4, 0.5) is 0 Å². The van der Waals surface area contributed by atoms with Gasteiger partial charge in [-0.25, -0.2) is 0 Å². The Hall–Kier alpha value is -1.39. The van der Waals surface area contributed by atoms with Crippen LogP contribution in [-0.4, -0.2) is 30.9 Å². The highest BCUT2D eigenvalue weighted by atomic mass is 16.2. The van der Waals surface area contributed by atoms with Gasteiger partial charge in [0.25, 0.3) is 0 Å². The van der Waals surface area contributed by atoms with Crippen LogP contribution in [0.25, 0.3) is 0 Å². The normalized spacial score (nSPS) is 14.1. The van der Waals surface area contributed by atoms with Crippen LogP contribution in [-0.2, 0) is 17.9 Å². The van der Waals surface area contributed by atoms with Crippen molar-refractivity contribution < 1.29 is 4.79 Å². The van der Waals surface area contributed by atoms with Crippen molar-refractivity contribution in [1.29, 1.82) is 0 Å². The van der Waals surface area contributed by atoms with Gasteiger partial charge < -0.3 is 16.0 Å². The number of nitrogens with two attached hydrogens (primary N) is 1. The van der Waals surface area contributed by atoms with Gasteiger partial charge in [-0.15, -0.1) is 0 Å². The highest BCUT2D eigenvalue weighted by molar-refractivity contribution is 5.81. The first-order valence-corrected chi connectivity index (χ1v) is 7.20. The van der Waals surface area contributed by atoms with Crippen molar-refractivity contribution in [3.05, 3.63) is 35.4 Å². The van der Waals surface area contributed by atoms with E-state index in [0.29, 0.717) is 6.54 Å². The van der Waals surface area contributed by atoms with Crippen LogP contribution in [0.1, 0.15) is 31.4 Å². The van der Waals surface area contributed by atoms with Crippen LogP contribution < -0.4 is 11.1 Å². The minimum atomic E-state index is -0.430. The van der Waals surface area contributed by atoms with Crippen molar-refractivity contribution in [1.82, 2.24) is 10.2 Å². The Kier molecular flexibility index (Phi) is 6.68. The number of hydrogen-bond acceptors (Lipinski definition) is 3. The lowest BCUT2D eigenvalue weighted by molar-refractivity contribution is -0.123. The summed E-state index contributed by atoms with van der Waals surface area (Å²) in [7, 11) is 4.07. The molecule has 0 aliphatic heterocycles. The fourth-order valence-electron chi connectivity index (χ4n) is 2.04. The van der Waals surface area contributed by atoms with E-state index in [0.717, 1.165) is 18.5 Å². The topological polar surface area (TPSA) is 58.4 Å². The highest BCUT2D eigenvalue weighted by Gasteiger charge is 2.19. The Morgan fingerprint density at radius 2 is 1.90 bits per heavy atom. The summed E-state index contributed by atoms with van der Waals surface area (Å²) in [4.78, 5) is 14.1. The van der Waals surface area contributed by atoms with Crippen LogP contribution in [0.15, 0.2) is 24.3 Å². The molecule has 1 aromatic carbocycles. The molecular weight excluding hydrogens is 250 g/mol. The summed E-state index contributed by atoms with van der Waals surface area (Å²) < 4.78 is 0. The highest BCUT2D eigenvalue weighted by Crippen LogP contribution is 2.11. The van der Waals surface area contributed by atoms with Gasteiger partial charge in [0.2, 0.25) is 5.91 Å². The van der Waals surface area contributed by atoms with Crippen LogP contribution in [0, 0.1) is 5.92 Å². The first-order chi connectivity index (χ1) is 9.45. The Balaban J connectivity index is 2.63. The van der Waals surface area contributed by atoms with Crippen LogP contribution in [0.3, 0.4) is 0 Å². The lowest BCUT2D eigenvalue weighted by Crippen LogP contribution is -2.44. The predicted octanol–water partition coefficient (Wildman–Crippen LogP) is 1.74. The Morgan fingerprint density at radius 3 is 2.45 bits per heavy atom. The second-order valence-corrected chi connectivity index (χ2v) is 5.64. The minimum absolute atomic E-state index is 0.0704. The van der Waals surface area contributed by atoms with Crippen molar-refractivity contribution in [3.8, 4) is 0 Å². The molecule has 2 atom stereocenters. The number of nitrogens with zero attached hydrogens (tertiary/aromatic N) is 1. The molecule has 1 amide bonds. The molecule has 4 heteroatoms. The molecule has 0 heterocycles.